The van der Waals surface area contributed by atoms with Crippen LogP contribution in [0.5, 0.6) is 5.88 Å². The van der Waals surface area contributed by atoms with Gasteiger partial charge in [0.05, 0.1) is 16.1 Å². The van der Waals surface area contributed by atoms with Crippen LogP contribution in [0.3, 0.4) is 0 Å². The first-order valence-corrected chi connectivity index (χ1v) is 8.67. The van der Waals surface area contributed by atoms with Gasteiger partial charge in [0.1, 0.15) is 17.1 Å². The lowest BCUT2D eigenvalue weighted by Gasteiger charge is -2.31. The molecule has 2 aliphatic heterocycles. The third kappa shape index (κ3) is 1.60. The summed E-state index contributed by atoms with van der Waals surface area (Å²) in [6.45, 7) is 0. The molecule has 0 aliphatic carbocycles. The number of carbonyl (C=O) groups excluding carboxylic acids is 1. The fraction of sp³-hybridized carbons (Fsp3) is 0.0556. The molecule has 2 aromatic heterocycles. The Morgan fingerprint density at radius 1 is 1.27 bits per heavy atom. The van der Waals surface area contributed by atoms with E-state index in [1.165, 1.54) is 11.3 Å². The predicted octanol–water partition coefficient (Wildman–Crippen LogP) is 2.46. The van der Waals surface area contributed by atoms with Crippen molar-refractivity contribution < 1.29 is 9.53 Å². The number of nitrogens with one attached hydrogen (secondary N) is 2. The van der Waals surface area contributed by atoms with Gasteiger partial charge in [-0.25, -0.2) is 0 Å². The lowest BCUT2D eigenvalue weighted by molar-refractivity contribution is -0.118. The average Bonchev–Trinajstić information content (AvgIpc) is 3.34. The Balaban J connectivity index is 1.93. The zero-order valence-electron chi connectivity index (χ0n) is 13.2. The first kappa shape index (κ1) is 14.7. The van der Waals surface area contributed by atoms with Crippen molar-refractivity contribution in [2.45, 2.75) is 5.41 Å². The van der Waals surface area contributed by atoms with Crippen LogP contribution >= 0.6 is 11.3 Å². The molecule has 1 spiro atoms. The van der Waals surface area contributed by atoms with Crippen LogP contribution in [0.25, 0.3) is 10.6 Å². The number of H-pyrrole nitrogens is 1. The molecule has 7 nitrogen and oxygen atoms in total. The number of benzene rings is 1. The molecule has 0 fully saturated rings. The van der Waals surface area contributed by atoms with E-state index in [0.717, 1.165) is 4.88 Å². The van der Waals surface area contributed by atoms with Crippen molar-refractivity contribution in [2.75, 3.05) is 5.32 Å². The number of nitrogens with zero attached hydrogens (tertiary/aromatic N) is 2. The third-order valence-corrected chi connectivity index (χ3v) is 5.62. The smallest absolute Gasteiger partial charge is 0.245 e. The Morgan fingerprint density at radius 3 is 2.88 bits per heavy atom. The Morgan fingerprint density at radius 2 is 2.12 bits per heavy atom. The maximum atomic E-state index is 13.3. The number of nitriles is 1. The van der Waals surface area contributed by atoms with Crippen LogP contribution in [0.4, 0.5) is 5.69 Å². The summed E-state index contributed by atoms with van der Waals surface area (Å²) >= 11 is 1.50. The largest absolute Gasteiger partial charge is 0.420 e. The number of aromatic nitrogens is 2. The summed E-state index contributed by atoms with van der Waals surface area (Å²) in [6, 6.07) is 13.2. The van der Waals surface area contributed by atoms with E-state index >= 15 is 0 Å². The van der Waals surface area contributed by atoms with E-state index in [1.54, 1.807) is 6.07 Å². The summed E-state index contributed by atoms with van der Waals surface area (Å²) in [4.78, 5) is 14.1. The van der Waals surface area contributed by atoms with Crippen LogP contribution in [0.2, 0.25) is 0 Å². The van der Waals surface area contributed by atoms with Gasteiger partial charge in [-0.2, -0.15) is 5.26 Å². The number of aromatic amines is 1. The number of hydrogen-bond donors (Lipinski definition) is 3. The standard InChI is InChI=1S/C18H11N5O2S/c19-8-10-15(20)25-16-13(14(22-23-16)12-6-3-7-26-12)18(10)9-4-1-2-5-11(9)21-17(18)24/h1-7H,20H2,(H,21,24)(H,22,23)/t18-/m1/s1. The minimum absolute atomic E-state index is 0.0617. The Hall–Kier alpha value is -3.57. The van der Waals surface area contributed by atoms with E-state index in [1.807, 2.05) is 35.7 Å². The second-order valence-corrected chi connectivity index (χ2v) is 6.91. The molecular weight excluding hydrogens is 350 g/mol. The zero-order chi connectivity index (χ0) is 17.9. The Kier molecular flexibility index (Phi) is 2.82. The van der Waals surface area contributed by atoms with E-state index in [0.29, 0.717) is 22.5 Å². The molecule has 0 saturated carbocycles. The van der Waals surface area contributed by atoms with Crippen LogP contribution < -0.4 is 15.8 Å². The van der Waals surface area contributed by atoms with Gasteiger partial charge in [0.25, 0.3) is 0 Å². The number of ether oxygens (including phenoxy) is 1. The number of fused-ring (bicyclic) bond motifs is 4. The lowest BCUT2D eigenvalue weighted by Crippen LogP contribution is -2.42. The van der Waals surface area contributed by atoms with Crippen molar-refractivity contribution >= 4 is 22.9 Å². The van der Waals surface area contributed by atoms with Crippen LogP contribution in [0.15, 0.2) is 53.2 Å². The zero-order valence-corrected chi connectivity index (χ0v) is 14.1. The second-order valence-electron chi connectivity index (χ2n) is 5.96. The highest BCUT2D eigenvalue weighted by Crippen LogP contribution is 2.55. The van der Waals surface area contributed by atoms with Gasteiger partial charge in [-0.05, 0) is 17.5 Å². The van der Waals surface area contributed by atoms with Gasteiger partial charge in [0.15, 0.2) is 0 Å². The van der Waals surface area contributed by atoms with Crippen molar-refractivity contribution in [3.05, 3.63) is 64.4 Å². The van der Waals surface area contributed by atoms with Crippen molar-refractivity contribution in [1.82, 2.24) is 10.2 Å². The molecule has 2 aliphatic rings. The minimum Gasteiger partial charge on any atom is -0.420 e. The molecule has 1 aromatic carbocycles. The number of thiophene rings is 1. The van der Waals surface area contributed by atoms with E-state index < -0.39 is 5.41 Å². The molecule has 0 radical (unpaired) electrons. The van der Waals surface area contributed by atoms with Gasteiger partial charge in [0.2, 0.25) is 17.7 Å². The van der Waals surface area contributed by atoms with Crippen molar-refractivity contribution in [3.8, 4) is 22.5 Å². The number of para-hydroxylation sites is 1. The SMILES string of the molecule is N#CC1=C(N)Oc2n[nH]c(-c3cccs3)c2[C@]12C(=O)Nc1ccccc12. The van der Waals surface area contributed by atoms with Gasteiger partial charge in [0, 0.05) is 11.3 Å². The van der Waals surface area contributed by atoms with E-state index in [-0.39, 0.29) is 23.2 Å². The Bertz CT molecular complexity index is 1140. The maximum Gasteiger partial charge on any atom is 0.245 e. The molecule has 4 heterocycles. The van der Waals surface area contributed by atoms with Crippen LogP contribution in [-0.4, -0.2) is 16.1 Å². The van der Waals surface area contributed by atoms with Crippen LogP contribution in [0, 0.1) is 11.3 Å². The summed E-state index contributed by atoms with van der Waals surface area (Å²) in [7, 11) is 0. The molecule has 1 atom stereocenters. The highest BCUT2D eigenvalue weighted by atomic mass is 32.1. The van der Waals surface area contributed by atoms with E-state index in [2.05, 4.69) is 21.6 Å². The molecule has 0 saturated heterocycles. The maximum absolute atomic E-state index is 13.3. The van der Waals surface area contributed by atoms with Gasteiger partial charge in [-0.1, -0.05) is 24.3 Å². The number of rotatable bonds is 1. The molecule has 3 aromatic rings. The Labute approximate surface area is 151 Å². The van der Waals surface area contributed by atoms with Gasteiger partial charge < -0.3 is 15.8 Å². The first-order valence-electron chi connectivity index (χ1n) is 7.79. The van der Waals surface area contributed by atoms with Crippen molar-refractivity contribution in [2.24, 2.45) is 5.73 Å². The monoisotopic (exact) mass is 361 g/mol. The van der Waals surface area contributed by atoms with E-state index in [4.69, 9.17) is 10.5 Å². The highest BCUT2D eigenvalue weighted by Gasteiger charge is 2.58. The second kappa shape index (κ2) is 4.97. The van der Waals surface area contributed by atoms with Gasteiger partial charge >= 0.3 is 0 Å². The minimum atomic E-state index is -1.39. The van der Waals surface area contributed by atoms with E-state index in [9.17, 15) is 10.1 Å². The topological polar surface area (TPSA) is 117 Å². The van der Waals surface area contributed by atoms with Crippen molar-refractivity contribution in [3.63, 3.8) is 0 Å². The number of carbonyl (C=O) groups is 1. The summed E-state index contributed by atoms with van der Waals surface area (Å²) in [6.07, 6.45) is 0. The molecule has 8 heteroatoms. The molecule has 0 bridgehead atoms. The third-order valence-electron chi connectivity index (χ3n) is 4.74. The summed E-state index contributed by atoms with van der Waals surface area (Å²) in [5.41, 5.74) is 7.13. The van der Waals surface area contributed by atoms with Crippen LogP contribution in [0.1, 0.15) is 11.1 Å². The molecule has 5 rings (SSSR count). The fourth-order valence-electron chi connectivity index (χ4n) is 3.70. The quantitative estimate of drug-likeness (QED) is 0.615. The van der Waals surface area contributed by atoms with Crippen LogP contribution in [-0.2, 0) is 10.2 Å². The average molecular weight is 361 g/mol. The fourth-order valence-corrected chi connectivity index (χ4v) is 4.43. The van der Waals surface area contributed by atoms with Gasteiger partial charge in [-0.15, -0.1) is 16.4 Å². The molecule has 126 valence electrons. The highest BCUT2D eigenvalue weighted by molar-refractivity contribution is 7.13. The number of nitrogens with two attached hydrogens (primary N) is 1. The molecule has 26 heavy (non-hydrogen) atoms. The molecule has 0 unspecified atom stereocenters. The van der Waals surface area contributed by atoms with Crippen molar-refractivity contribution in [1.29, 1.82) is 5.26 Å². The predicted molar refractivity (Wildman–Crippen MR) is 95.2 cm³/mol. The summed E-state index contributed by atoms with van der Waals surface area (Å²) < 4.78 is 5.58. The molecular formula is C18H11N5O2S. The first-order chi connectivity index (χ1) is 12.7. The van der Waals surface area contributed by atoms with Gasteiger partial charge in [-0.3, -0.25) is 9.89 Å². The number of hydrogen-bond acceptors (Lipinski definition) is 6. The molecule has 4 N–H and O–H groups in total. The number of amides is 1. The normalized spacial score (nSPS) is 20.3. The summed E-state index contributed by atoms with van der Waals surface area (Å²) in [5, 5.41) is 21.8. The molecule has 1 amide bonds. The lowest BCUT2D eigenvalue weighted by atomic mass is 9.69. The number of anilines is 1. The summed E-state index contributed by atoms with van der Waals surface area (Å²) in [5.74, 6) is -0.255.